The molecule has 1 aromatic rings. The normalized spacial score (nSPS) is 21.1. The Morgan fingerprint density at radius 3 is 2.35 bits per heavy atom. The van der Waals surface area contributed by atoms with Gasteiger partial charge in [-0.15, -0.1) is 0 Å². The van der Waals surface area contributed by atoms with Crippen LogP contribution in [0.15, 0.2) is 0 Å². The van der Waals surface area contributed by atoms with Crippen LogP contribution in [-0.2, 0) is 16.0 Å². The molecule has 0 saturated heterocycles. The van der Waals surface area contributed by atoms with Gasteiger partial charge in [0, 0.05) is 6.42 Å². The molecule has 0 spiro atoms. The van der Waals surface area contributed by atoms with Crippen LogP contribution in [0, 0.1) is 27.7 Å². The second kappa shape index (κ2) is 5.12. The topological polar surface area (TPSA) is 35.5 Å². The quantitative estimate of drug-likeness (QED) is 0.775. The Labute approximate surface area is 121 Å². The highest BCUT2D eigenvalue weighted by molar-refractivity contribution is 5.80. The minimum absolute atomic E-state index is 0.263. The van der Waals surface area contributed by atoms with Gasteiger partial charge in [-0.2, -0.15) is 0 Å². The van der Waals surface area contributed by atoms with Crippen LogP contribution in [0.3, 0.4) is 0 Å². The minimum Gasteiger partial charge on any atom is -0.475 e. The van der Waals surface area contributed by atoms with Crippen molar-refractivity contribution in [3.05, 3.63) is 27.8 Å². The number of rotatable bonds is 2. The molecular formula is C17H24O3. The smallest absolute Gasteiger partial charge is 0.350 e. The van der Waals surface area contributed by atoms with Gasteiger partial charge in [0.2, 0.25) is 5.60 Å². The first-order valence-electron chi connectivity index (χ1n) is 7.27. The number of esters is 1. The van der Waals surface area contributed by atoms with E-state index in [0.29, 0.717) is 13.0 Å². The summed E-state index contributed by atoms with van der Waals surface area (Å²) in [6.45, 7) is 12.5. The number of benzene rings is 1. The van der Waals surface area contributed by atoms with Gasteiger partial charge in [0.15, 0.2) is 0 Å². The van der Waals surface area contributed by atoms with Gasteiger partial charge in [-0.05, 0) is 75.8 Å². The van der Waals surface area contributed by atoms with E-state index in [1.165, 1.54) is 22.3 Å². The summed E-state index contributed by atoms with van der Waals surface area (Å²) in [5.41, 5.74) is 5.38. The summed E-state index contributed by atoms with van der Waals surface area (Å²) >= 11 is 0. The first kappa shape index (κ1) is 14.9. The summed E-state index contributed by atoms with van der Waals surface area (Å²) < 4.78 is 11.3. The third-order valence-corrected chi connectivity index (χ3v) is 4.64. The second-order valence-electron chi connectivity index (χ2n) is 5.86. The molecule has 0 amide bonds. The van der Waals surface area contributed by atoms with Gasteiger partial charge in [-0.3, -0.25) is 0 Å². The molecule has 0 radical (unpaired) electrons. The molecule has 2 rings (SSSR count). The molecule has 0 fully saturated rings. The SMILES string of the molecule is CCOC(=O)[C@@]1(C)CCc2c(C)c(C)c(C)c(C)c2O1. The summed E-state index contributed by atoms with van der Waals surface area (Å²) in [4.78, 5) is 12.1. The van der Waals surface area contributed by atoms with Crippen molar-refractivity contribution in [3.63, 3.8) is 0 Å². The molecule has 0 aliphatic carbocycles. The van der Waals surface area contributed by atoms with E-state index in [1.807, 2.05) is 13.8 Å². The van der Waals surface area contributed by atoms with E-state index in [-0.39, 0.29) is 5.97 Å². The Balaban J connectivity index is 2.47. The van der Waals surface area contributed by atoms with Gasteiger partial charge in [0.1, 0.15) is 5.75 Å². The Kier molecular flexibility index (Phi) is 3.81. The Bertz CT molecular complexity index is 560. The van der Waals surface area contributed by atoms with Gasteiger partial charge < -0.3 is 9.47 Å². The van der Waals surface area contributed by atoms with Crippen molar-refractivity contribution in [1.82, 2.24) is 0 Å². The van der Waals surface area contributed by atoms with E-state index in [2.05, 4.69) is 27.7 Å². The van der Waals surface area contributed by atoms with Gasteiger partial charge in [-0.1, -0.05) is 0 Å². The number of hydrogen-bond donors (Lipinski definition) is 0. The van der Waals surface area contributed by atoms with Crippen LogP contribution in [0.1, 0.15) is 48.1 Å². The van der Waals surface area contributed by atoms with E-state index >= 15 is 0 Å². The van der Waals surface area contributed by atoms with E-state index in [1.54, 1.807) is 0 Å². The Morgan fingerprint density at radius 1 is 1.15 bits per heavy atom. The maximum Gasteiger partial charge on any atom is 0.350 e. The fourth-order valence-electron chi connectivity index (χ4n) is 2.86. The zero-order valence-corrected chi connectivity index (χ0v) is 13.3. The van der Waals surface area contributed by atoms with E-state index in [4.69, 9.17) is 9.47 Å². The molecule has 1 heterocycles. The predicted octanol–water partition coefficient (Wildman–Crippen LogP) is 3.57. The molecule has 3 nitrogen and oxygen atoms in total. The van der Waals surface area contributed by atoms with Crippen molar-refractivity contribution >= 4 is 5.97 Å². The Hall–Kier alpha value is -1.51. The highest BCUT2D eigenvalue weighted by atomic mass is 16.6. The third-order valence-electron chi connectivity index (χ3n) is 4.64. The molecule has 0 unspecified atom stereocenters. The summed E-state index contributed by atoms with van der Waals surface area (Å²) in [5.74, 6) is 0.619. The van der Waals surface area contributed by atoms with Crippen molar-refractivity contribution in [2.75, 3.05) is 6.61 Å². The maximum absolute atomic E-state index is 12.1. The lowest BCUT2D eigenvalue weighted by Gasteiger charge is -2.36. The molecule has 20 heavy (non-hydrogen) atoms. The fraction of sp³-hybridized carbons (Fsp3) is 0.588. The third kappa shape index (κ3) is 2.19. The molecule has 0 aromatic heterocycles. The standard InChI is InChI=1S/C17H24O3/c1-7-19-16(18)17(6)9-8-14-12(4)10(2)11(3)13(5)15(14)20-17/h7-9H2,1-6H3/t17-/m1/s1. The van der Waals surface area contributed by atoms with Crippen molar-refractivity contribution in [2.45, 2.75) is 60.0 Å². The number of carbonyl (C=O) groups is 1. The molecule has 1 atom stereocenters. The van der Waals surface area contributed by atoms with Crippen LogP contribution >= 0.6 is 0 Å². The monoisotopic (exact) mass is 276 g/mol. The fourth-order valence-corrected chi connectivity index (χ4v) is 2.86. The molecule has 0 bridgehead atoms. The Morgan fingerprint density at radius 2 is 1.75 bits per heavy atom. The van der Waals surface area contributed by atoms with Crippen LogP contribution in [0.5, 0.6) is 5.75 Å². The molecular weight excluding hydrogens is 252 g/mol. The summed E-state index contributed by atoms with van der Waals surface area (Å²) in [6.07, 6.45) is 1.53. The van der Waals surface area contributed by atoms with Gasteiger partial charge in [0.25, 0.3) is 0 Å². The number of hydrogen-bond acceptors (Lipinski definition) is 3. The van der Waals surface area contributed by atoms with Crippen LogP contribution < -0.4 is 4.74 Å². The number of fused-ring (bicyclic) bond motifs is 1. The lowest BCUT2D eigenvalue weighted by Crippen LogP contribution is -2.46. The summed E-state index contributed by atoms with van der Waals surface area (Å²) in [7, 11) is 0. The number of carbonyl (C=O) groups excluding carboxylic acids is 1. The maximum atomic E-state index is 12.1. The second-order valence-corrected chi connectivity index (χ2v) is 5.86. The average molecular weight is 276 g/mol. The van der Waals surface area contributed by atoms with E-state index < -0.39 is 5.60 Å². The highest BCUT2D eigenvalue weighted by Gasteiger charge is 2.41. The van der Waals surface area contributed by atoms with E-state index in [9.17, 15) is 4.79 Å². The average Bonchev–Trinajstić information content (AvgIpc) is 2.43. The lowest BCUT2D eigenvalue weighted by atomic mass is 9.85. The zero-order valence-electron chi connectivity index (χ0n) is 13.3. The van der Waals surface area contributed by atoms with Crippen molar-refractivity contribution in [3.8, 4) is 5.75 Å². The molecule has 0 saturated carbocycles. The highest BCUT2D eigenvalue weighted by Crippen LogP contribution is 2.41. The van der Waals surface area contributed by atoms with E-state index in [0.717, 1.165) is 17.7 Å². The zero-order chi connectivity index (χ0) is 15.1. The summed E-state index contributed by atoms with van der Waals surface area (Å²) in [6, 6.07) is 0. The largest absolute Gasteiger partial charge is 0.475 e. The molecule has 1 aliphatic heterocycles. The van der Waals surface area contributed by atoms with Crippen LogP contribution in [-0.4, -0.2) is 18.2 Å². The van der Waals surface area contributed by atoms with Crippen LogP contribution in [0.25, 0.3) is 0 Å². The molecule has 1 aliphatic rings. The van der Waals surface area contributed by atoms with Gasteiger partial charge >= 0.3 is 5.97 Å². The molecule has 110 valence electrons. The van der Waals surface area contributed by atoms with Crippen molar-refractivity contribution in [2.24, 2.45) is 0 Å². The van der Waals surface area contributed by atoms with Gasteiger partial charge in [-0.25, -0.2) is 4.79 Å². The minimum atomic E-state index is -0.859. The lowest BCUT2D eigenvalue weighted by molar-refractivity contribution is -0.161. The predicted molar refractivity (Wildman–Crippen MR) is 79.4 cm³/mol. The number of ether oxygens (including phenoxy) is 2. The first-order valence-corrected chi connectivity index (χ1v) is 7.27. The molecule has 3 heteroatoms. The first-order chi connectivity index (χ1) is 9.31. The van der Waals surface area contributed by atoms with Crippen molar-refractivity contribution < 1.29 is 14.3 Å². The molecule has 0 N–H and O–H groups in total. The van der Waals surface area contributed by atoms with Crippen molar-refractivity contribution in [1.29, 1.82) is 0 Å². The molecule has 1 aromatic carbocycles. The van der Waals surface area contributed by atoms with Gasteiger partial charge in [0.05, 0.1) is 6.61 Å². The van der Waals surface area contributed by atoms with Crippen LogP contribution in [0.2, 0.25) is 0 Å². The van der Waals surface area contributed by atoms with Crippen LogP contribution in [0.4, 0.5) is 0 Å². The summed E-state index contributed by atoms with van der Waals surface area (Å²) in [5, 5.41) is 0.